The van der Waals surface area contributed by atoms with Gasteiger partial charge in [0.25, 0.3) is 0 Å². The van der Waals surface area contributed by atoms with Crippen LogP contribution in [0.3, 0.4) is 0 Å². The second-order valence-corrected chi connectivity index (χ2v) is 8.55. The molecule has 1 rings (SSSR count). The number of ether oxygens (including phenoxy) is 1. The molecule has 0 amide bonds. The first-order chi connectivity index (χ1) is 8.81. The number of hydrogen-bond donors (Lipinski definition) is 1. The summed E-state index contributed by atoms with van der Waals surface area (Å²) in [7, 11) is 13.2. The molecule has 0 radical (unpaired) electrons. The first-order valence-corrected chi connectivity index (χ1v) is 11.9. The van der Waals surface area contributed by atoms with E-state index in [0.29, 0.717) is 5.56 Å². The van der Waals surface area contributed by atoms with E-state index >= 15 is 0 Å². The van der Waals surface area contributed by atoms with E-state index in [2.05, 4.69) is 4.99 Å². The summed E-state index contributed by atoms with van der Waals surface area (Å²) >= 11 is -0.826. The van der Waals surface area contributed by atoms with Crippen molar-refractivity contribution >= 4 is 23.2 Å². The zero-order chi connectivity index (χ0) is 15.1. The quantitative estimate of drug-likeness (QED) is 0.781. The Morgan fingerprint density at radius 1 is 1.32 bits per heavy atom. The Kier molecular flexibility index (Phi) is 8.97. The Labute approximate surface area is 133 Å². The van der Waals surface area contributed by atoms with Gasteiger partial charge in [-0.3, -0.25) is 4.99 Å². The van der Waals surface area contributed by atoms with Crippen LogP contribution in [0, 0.1) is 0 Å². The van der Waals surface area contributed by atoms with Crippen LogP contribution in [0.5, 0.6) is 11.5 Å². The summed E-state index contributed by atoms with van der Waals surface area (Å²) in [5, 5.41) is 10.1. The fraction of sp³-hybridized carbons (Fsp3) is 0.462. The normalized spacial score (nSPS) is 10.9. The van der Waals surface area contributed by atoms with Crippen molar-refractivity contribution in [1.82, 2.24) is 0 Å². The van der Waals surface area contributed by atoms with E-state index in [0.717, 1.165) is 11.3 Å². The molecule has 6 heteroatoms. The predicted octanol–water partition coefficient (Wildman–Crippen LogP) is 4.12. The monoisotopic (exact) mass is 381 g/mol. The number of rotatable bonds is 2. The van der Waals surface area contributed by atoms with Crippen LogP contribution in [-0.2, 0) is 26.3 Å². The van der Waals surface area contributed by atoms with Crippen molar-refractivity contribution in [2.45, 2.75) is 26.2 Å². The van der Waals surface area contributed by atoms with Gasteiger partial charge in [-0.05, 0) is 17.5 Å². The van der Waals surface area contributed by atoms with Gasteiger partial charge >= 0.3 is 37.9 Å². The van der Waals surface area contributed by atoms with Gasteiger partial charge in [0.2, 0.25) is 0 Å². The molecular formula is C13H19Cl2NO2Zr. The molecule has 0 aliphatic rings. The standard InChI is InChI=1S/C13H19NO2.2ClH.Zr/c1-13(2,3)11-7-10(16-5)6-9(8-14-4)12(11)15;;;/h6-8,15H,1-5H3;2*1H;/q;;;+2/p-2. The zero-order valence-corrected chi connectivity index (χ0v) is 15.8. The Bertz CT molecular complexity index is 431. The second-order valence-electron chi connectivity index (χ2n) is 4.82. The van der Waals surface area contributed by atoms with Crippen LogP contribution in [0.15, 0.2) is 17.1 Å². The summed E-state index contributed by atoms with van der Waals surface area (Å²) in [6.07, 6.45) is 1.63. The van der Waals surface area contributed by atoms with Gasteiger partial charge in [0, 0.05) is 24.4 Å². The molecule has 0 saturated carbocycles. The Hall–Kier alpha value is -0.0469. The van der Waals surface area contributed by atoms with E-state index in [1.165, 1.54) is 0 Å². The molecule has 0 bridgehead atoms. The molecule has 1 aromatic carbocycles. The van der Waals surface area contributed by atoms with Crippen molar-refractivity contribution in [3.8, 4) is 11.5 Å². The molecule has 3 nitrogen and oxygen atoms in total. The Morgan fingerprint density at radius 3 is 2.21 bits per heavy atom. The van der Waals surface area contributed by atoms with E-state index in [-0.39, 0.29) is 11.2 Å². The van der Waals surface area contributed by atoms with Crippen molar-refractivity contribution in [2.75, 3.05) is 14.2 Å². The number of halogens is 2. The molecule has 0 aromatic heterocycles. The molecule has 0 aliphatic carbocycles. The number of aromatic hydroxyl groups is 1. The fourth-order valence-electron chi connectivity index (χ4n) is 1.56. The predicted molar refractivity (Wildman–Crippen MR) is 78.6 cm³/mol. The topological polar surface area (TPSA) is 41.8 Å². The van der Waals surface area contributed by atoms with Crippen LogP contribution in [-0.4, -0.2) is 25.5 Å². The van der Waals surface area contributed by atoms with Gasteiger partial charge in [0.15, 0.2) is 0 Å². The zero-order valence-electron chi connectivity index (χ0n) is 11.8. The Balaban J connectivity index is 0.000000982. The van der Waals surface area contributed by atoms with E-state index in [4.69, 9.17) is 21.8 Å². The van der Waals surface area contributed by atoms with Crippen LogP contribution < -0.4 is 4.74 Å². The molecular weight excluding hydrogens is 364 g/mol. The Morgan fingerprint density at radius 2 is 1.84 bits per heavy atom. The average Bonchev–Trinajstić information content (AvgIpc) is 2.31. The summed E-state index contributed by atoms with van der Waals surface area (Å²) in [6, 6.07) is 3.64. The van der Waals surface area contributed by atoms with Crippen LogP contribution in [0.2, 0.25) is 0 Å². The second kappa shape index (κ2) is 8.99. The number of phenolic OH excluding ortho intramolecular Hbond substituents is 1. The summed E-state index contributed by atoms with van der Waals surface area (Å²) < 4.78 is 5.22. The van der Waals surface area contributed by atoms with Crippen molar-refractivity contribution in [3.63, 3.8) is 0 Å². The molecule has 19 heavy (non-hydrogen) atoms. The third-order valence-electron chi connectivity index (χ3n) is 2.42. The summed E-state index contributed by atoms with van der Waals surface area (Å²) in [5.41, 5.74) is 1.42. The van der Waals surface area contributed by atoms with E-state index in [1.807, 2.05) is 26.8 Å². The molecule has 0 saturated heterocycles. The van der Waals surface area contributed by atoms with Gasteiger partial charge in [-0.15, -0.1) is 0 Å². The number of hydrogen-bond acceptors (Lipinski definition) is 3. The molecule has 1 aromatic rings. The van der Waals surface area contributed by atoms with Crippen LogP contribution in [0.1, 0.15) is 31.9 Å². The molecule has 0 aliphatic heterocycles. The van der Waals surface area contributed by atoms with Crippen molar-refractivity contribution in [1.29, 1.82) is 0 Å². The summed E-state index contributed by atoms with van der Waals surface area (Å²) in [6.45, 7) is 6.15. The van der Waals surface area contributed by atoms with Crippen molar-refractivity contribution < 1.29 is 30.7 Å². The van der Waals surface area contributed by atoms with Crippen molar-refractivity contribution in [2.24, 2.45) is 4.99 Å². The van der Waals surface area contributed by atoms with Crippen LogP contribution >= 0.6 is 17.0 Å². The number of nitrogens with zero attached hydrogens (tertiary/aromatic N) is 1. The molecule has 1 N–H and O–H groups in total. The van der Waals surface area contributed by atoms with Gasteiger partial charge < -0.3 is 9.84 Å². The minimum atomic E-state index is -0.826. The summed E-state index contributed by atoms with van der Waals surface area (Å²) in [4.78, 5) is 3.92. The molecule has 0 heterocycles. The third kappa shape index (κ3) is 6.29. The molecule has 106 valence electrons. The summed E-state index contributed by atoms with van der Waals surface area (Å²) in [5.74, 6) is 1.01. The number of aliphatic imine (C=N–C) groups is 1. The SMILES string of the molecule is CN=Cc1cc(OC)cc(C(C)(C)C)c1O.[Cl][Zr][Cl]. The van der Waals surface area contributed by atoms with Gasteiger partial charge in [0.05, 0.1) is 7.11 Å². The van der Waals surface area contributed by atoms with E-state index in [1.54, 1.807) is 26.4 Å². The molecule has 0 fully saturated rings. The van der Waals surface area contributed by atoms with E-state index in [9.17, 15) is 5.11 Å². The molecule has 0 atom stereocenters. The first kappa shape index (κ1) is 19.0. The fourth-order valence-corrected chi connectivity index (χ4v) is 1.56. The number of phenols is 1. The van der Waals surface area contributed by atoms with Gasteiger partial charge in [0.1, 0.15) is 11.5 Å². The average molecular weight is 383 g/mol. The molecule has 0 unspecified atom stereocenters. The first-order valence-electron chi connectivity index (χ1n) is 5.61. The maximum absolute atomic E-state index is 10.1. The van der Waals surface area contributed by atoms with Gasteiger partial charge in [-0.2, -0.15) is 0 Å². The third-order valence-corrected chi connectivity index (χ3v) is 2.42. The minimum absolute atomic E-state index is 0.130. The van der Waals surface area contributed by atoms with Gasteiger partial charge in [-0.1, -0.05) is 20.8 Å². The number of methoxy groups -OCH3 is 1. The van der Waals surface area contributed by atoms with Crippen LogP contribution in [0.4, 0.5) is 0 Å². The van der Waals surface area contributed by atoms with Crippen molar-refractivity contribution in [3.05, 3.63) is 23.3 Å². The number of benzene rings is 1. The van der Waals surface area contributed by atoms with Gasteiger partial charge in [-0.25, -0.2) is 0 Å². The molecule has 0 spiro atoms. The maximum atomic E-state index is 10.1. The van der Waals surface area contributed by atoms with E-state index < -0.39 is 20.8 Å². The van der Waals surface area contributed by atoms with Crippen LogP contribution in [0.25, 0.3) is 0 Å².